The molecule has 12 heavy (non-hydrogen) atoms. The minimum atomic E-state index is -0.750. The maximum atomic E-state index is 12.4. The lowest BCUT2D eigenvalue weighted by molar-refractivity contribution is 0.112. The fraction of sp³-hybridized carbons (Fsp3) is 0. The Bertz CT molecular complexity index is 242. The van der Waals surface area contributed by atoms with Crippen LogP contribution in [0.1, 0.15) is 10.4 Å². The summed E-state index contributed by atoms with van der Waals surface area (Å²) in [7, 11) is -0.750. The van der Waals surface area contributed by atoms with E-state index in [1.165, 1.54) is 12.1 Å². The summed E-state index contributed by atoms with van der Waals surface area (Å²) in [4.78, 5) is 9.99. The molecule has 0 aromatic heterocycles. The second-order valence-corrected chi connectivity index (χ2v) is 1.78. The molecule has 1 aromatic rings. The molecule has 0 bridgehead atoms. The van der Waals surface area contributed by atoms with Crippen LogP contribution >= 0.6 is 0 Å². The van der Waals surface area contributed by atoms with Crippen LogP contribution in [0.3, 0.4) is 0 Å². The molecule has 3 nitrogen and oxygen atoms in total. The van der Waals surface area contributed by atoms with Crippen molar-refractivity contribution >= 4 is 14.0 Å². The van der Waals surface area contributed by atoms with Gasteiger partial charge in [-0.05, 0) is 12.1 Å². The fourth-order valence-electron chi connectivity index (χ4n) is 0.571. The maximum absolute atomic E-state index is 12.4. The molecule has 1 aromatic carbocycles. The average molecular weight is 170 g/mol. The lowest BCUT2D eigenvalue weighted by Crippen LogP contribution is -1.83. The second-order valence-electron chi connectivity index (χ2n) is 1.78. The molecule has 2 N–H and O–H groups in total. The molecule has 0 fully saturated rings. The van der Waals surface area contributed by atoms with E-state index < -0.39 is 13.5 Å². The number of benzene rings is 1. The summed E-state index contributed by atoms with van der Waals surface area (Å²) in [6.07, 6.45) is 0.495. The van der Waals surface area contributed by atoms with Gasteiger partial charge >= 0.3 is 7.69 Å². The van der Waals surface area contributed by atoms with Crippen LogP contribution in [-0.2, 0) is 0 Å². The van der Waals surface area contributed by atoms with Crippen LogP contribution in [0.15, 0.2) is 24.3 Å². The van der Waals surface area contributed by atoms with Crippen LogP contribution in [-0.4, -0.2) is 24.0 Å². The first-order valence-corrected chi connectivity index (χ1v) is 3.17. The Morgan fingerprint density at radius 1 is 1.33 bits per heavy atom. The van der Waals surface area contributed by atoms with Gasteiger partial charge in [-0.1, -0.05) is 12.1 Å². The molecule has 0 radical (unpaired) electrons. The molecule has 1 rings (SSSR count). The third-order valence-electron chi connectivity index (χ3n) is 1.03. The quantitative estimate of drug-likeness (QED) is 0.456. The van der Waals surface area contributed by atoms with Gasteiger partial charge in [0.15, 0.2) is 6.29 Å². The molecule has 0 aliphatic rings. The second kappa shape index (κ2) is 6.51. The molecule has 0 unspecified atom stereocenters. The highest BCUT2D eigenvalue weighted by Gasteiger charge is 1.94. The van der Waals surface area contributed by atoms with E-state index in [1.807, 2.05) is 0 Å². The average Bonchev–Trinajstić information content (AvgIpc) is 2.07. The Kier molecular flexibility index (Phi) is 5.86. The van der Waals surface area contributed by atoms with E-state index in [0.29, 0.717) is 6.29 Å². The van der Waals surface area contributed by atoms with Gasteiger partial charge in [0.2, 0.25) is 0 Å². The van der Waals surface area contributed by atoms with Crippen LogP contribution in [0.4, 0.5) is 4.39 Å². The van der Waals surface area contributed by atoms with Crippen molar-refractivity contribution in [2.45, 2.75) is 0 Å². The molecule has 0 saturated carbocycles. The fourth-order valence-corrected chi connectivity index (χ4v) is 0.571. The summed E-state index contributed by atoms with van der Waals surface area (Å²) in [6.45, 7) is 0. The largest absolute Gasteiger partial charge is 0.432 e. The Labute approximate surface area is 69.8 Å². The van der Waals surface area contributed by atoms with Crippen LogP contribution in [0.5, 0.6) is 0 Å². The molecule has 0 aliphatic carbocycles. The Balaban J connectivity index is 0.000000354. The van der Waals surface area contributed by atoms with Crippen molar-refractivity contribution in [3.63, 3.8) is 0 Å². The molecule has 0 saturated heterocycles. The zero-order valence-electron chi connectivity index (χ0n) is 6.27. The van der Waals surface area contributed by atoms with Gasteiger partial charge in [-0.25, -0.2) is 4.39 Å². The standard InChI is InChI=1S/C7H5FO.BH3O2/c8-7-4-2-1-3-6(7)5-9;2-1-3/h1-5H;1-3H. The Morgan fingerprint density at radius 2 is 1.83 bits per heavy atom. The van der Waals surface area contributed by atoms with Gasteiger partial charge in [0.25, 0.3) is 0 Å². The monoisotopic (exact) mass is 170 g/mol. The minimum absolute atomic E-state index is 0.109. The van der Waals surface area contributed by atoms with E-state index in [2.05, 4.69) is 0 Å². The number of halogens is 1. The van der Waals surface area contributed by atoms with Crippen molar-refractivity contribution in [3.05, 3.63) is 35.6 Å². The summed E-state index contributed by atoms with van der Waals surface area (Å²) in [5.74, 6) is -0.465. The molecule has 0 atom stereocenters. The van der Waals surface area contributed by atoms with Crippen molar-refractivity contribution in [2.24, 2.45) is 0 Å². The van der Waals surface area contributed by atoms with E-state index in [1.54, 1.807) is 12.1 Å². The van der Waals surface area contributed by atoms with E-state index in [9.17, 15) is 9.18 Å². The van der Waals surface area contributed by atoms with Gasteiger partial charge < -0.3 is 10.0 Å². The normalized spacial score (nSPS) is 7.92. The summed E-state index contributed by atoms with van der Waals surface area (Å²) >= 11 is 0. The molecule has 64 valence electrons. The van der Waals surface area contributed by atoms with E-state index >= 15 is 0 Å². The van der Waals surface area contributed by atoms with Gasteiger partial charge in [0, 0.05) is 0 Å². The van der Waals surface area contributed by atoms with Crippen molar-refractivity contribution < 1.29 is 19.2 Å². The molecule has 0 aliphatic heterocycles. The Hall–Kier alpha value is -1.20. The van der Waals surface area contributed by atoms with Gasteiger partial charge in [0.05, 0.1) is 5.56 Å². The lowest BCUT2D eigenvalue weighted by atomic mass is 10.2. The third kappa shape index (κ3) is 3.85. The van der Waals surface area contributed by atoms with Crippen molar-refractivity contribution in [2.75, 3.05) is 0 Å². The predicted octanol–water partition coefficient (Wildman–Crippen LogP) is -0.124. The topological polar surface area (TPSA) is 57.5 Å². The molecule has 0 heterocycles. The van der Waals surface area contributed by atoms with E-state index in [0.717, 1.165) is 0 Å². The lowest BCUT2D eigenvalue weighted by Gasteiger charge is -1.88. The molecular weight excluding hydrogens is 162 g/mol. The van der Waals surface area contributed by atoms with Crippen LogP contribution in [0, 0.1) is 5.82 Å². The van der Waals surface area contributed by atoms with Crippen molar-refractivity contribution in [1.29, 1.82) is 0 Å². The zero-order valence-corrected chi connectivity index (χ0v) is 6.27. The summed E-state index contributed by atoms with van der Waals surface area (Å²) in [6, 6.07) is 5.85. The van der Waals surface area contributed by atoms with Crippen molar-refractivity contribution in [3.8, 4) is 0 Å². The molecule has 0 amide bonds. The van der Waals surface area contributed by atoms with E-state index in [4.69, 9.17) is 10.0 Å². The van der Waals surface area contributed by atoms with Crippen LogP contribution in [0.2, 0.25) is 0 Å². The highest BCUT2D eigenvalue weighted by molar-refractivity contribution is 6.13. The molecule has 0 spiro atoms. The minimum Gasteiger partial charge on any atom is -0.430 e. The van der Waals surface area contributed by atoms with Gasteiger partial charge in [-0.2, -0.15) is 0 Å². The number of carbonyl (C=O) groups is 1. The van der Waals surface area contributed by atoms with Gasteiger partial charge in [-0.15, -0.1) is 0 Å². The number of aldehydes is 1. The van der Waals surface area contributed by atoms with E-state index in [-0.39, 0.29) is 5.56 Å². The summed E-state index contributed by atoms with van der Waals surface area (Å²) in [5, 5.41) is 14.2. The first-order chi connectivity index (χ1) is 5.76. The first kappa shape index (κ1) is 10.8. The predicted molar refractivity (Wildman–Crippen MR) is 43.4 cm³/mol. The molecular formula is C7H8BFO3. The van der Waals surface area contributed by atoms with Gasteiger partial charge in [0.1, 0.15) is 5.82 Å². The SMILES string of the molecule is O=Cc1ccccc1F.OBO. The maximum Gasteiger partial charge on any atom is 0.432 e. The highest BCUT2D eigenvalue weighted by Crippen LogP contribution is 2.01. The Morgan fingerprint density at radius 3 is 2.17 bits per heavy atom. The zero-order chi connectivity index (χ0) is 9.40. The number of hydrogen-bond donors (Lipinski definition) is 2. The third-order valence-corrected chi connectivity index (χ3v) is 1.03. The number of hydrogen-bond acceptors (Lipinski definition) is 3. The van der Waals surface area contributed by atoms with Crippen LogP contribution < -0.4 is 0 Å². The highest BCUT2D eigenvalue weighted by atomic mass is 19.1. The first-order valence-electron chi connectivity index (χ1n) is 3.17. The summed E-state index contributed by atoms with van der Waals surface area (Å²) in [5.41, 5.74) is 0.109. The van der Waals surface area contributed by atoms with Crippen molar-refractivity contribution in [1.82, 2.24) is 0 Å². The van der Waals surface area contributed by atoms with Gasteiger partial charge in [-0.3, -0.25) is 4.79 Å². The molecule has 5 heteroatoms. The number of carbonyl (C=O) groups excluding carboxylic acids is 1. The smallest absolute Gasteiger partial charge is 0.430 e. The summed E-state index contributed by atoms with van der Waals surface area (Å²) < 4.78 is 12.4. The number of rotatable bonds is 1. The van der Waals surface area contributed by atoms with Crippen LogP contribution in [0.25, 0.3) is 0 Å².